The highest BCUT2D eigenvalue weighted by Gasteiger charge is 2.41. The summed E-state index contributed by atoms with van der Waals surface area (Å²) in [6, 6.07) is 10.8. The van der Waals surface area contributed by atoms with Gasteiger partial charge in [0, 0.05) is 73.7 Å². The van der Waals surface area contributed by atoms with Crippen LogP contribution in [0.2, 0.25) is 5.02 Å². The van der Waals surface area contributed by atoms with Crippen molar-refractivity contribution in [3.63, 3.8) is 0 Å². The number of methoxy groups -OCH3 is 1. The molecule has 0 aliphatic carbocycles. The van der Waals surface area contributed by atoms with E-state index in [0.717, 1.165) is 30.0 Å². The lowest BCUT2D eigenvalue weighted by Crippen LogP contribution is -2.56. The first kappa shape index (κ1) is 27.4. The molecule has 0 saturated carbocycles. The fourth-order valence-corrected chi connectivity index (χ4v) is 6.81. The van der Waals surface area contributed by atoms with Crippen molar-refractivity contribution in [2.75, 3.05) is 25.1 Å². The van der Waals surface area contributed by atoms with E-state index in [1.54, 1.807) is 44.9 Å². The van der Waals surface area contributed by atoms with Gasteiger partial charge in [0.25, 0.3) is 0 Å². The fraction of sp³-hybridized carbons (Fsp3) is 0.387. The topological polar surface area (TPSA) is 88.6 Å². The SMILES string of the molecule is COc1ncc(-c2nc(C)cc(-c3ccc(-n4ccn(C)c4=O)c(Cl)c3)c2O)cc1N1CC2CCC(C1)N2C(C)C. The van der Waals surface area contributed by atoms with E-state index in [0.29, 0.717) is 51.5 Å². The van der Waals surface area contributed by atoms with Crippen LogP contribution < -0.4 is 15.3 Å². The first-order valence-electron chi connectivity index (χ1n) is 14.0. The number of benzene rings is 1. The predicted octanol–water partition coefficient (Wildman–Crippen LogP) is 5.04. The number of hydrogen-bond acceptors (Lipinski definition) is 7. The zero-order chi connectivity index (χ0) is 29.0. The number of fused-ring (bicyclic) bond motifs is 2. The van der Waals surface area contributed by atoms with Crippen LogP contribution in [0.3, 0.4) is 0 Å². The van der Waals surface area contributed by atoms with Gasteiger partial charge in [-0.25, -0.2) is 14.8 Å². The van der Waals surface area contributed by atoms with Crippen molar-refractivity contribution < 1.29 is 9.84 Å². The largest absolute Gasteiger partial charge is 0.505 e. The minimum atomic E-state index is -0.189. The minimum absolute atomic E-state index is 0.0407. The lowest BCUT2D eigenvalue weighted by molar-refractivity contribution is 0.129. The summed E-state index contributed by atoms with van der Waals surface area (Å²) in [5.74, 6) is 0.607. The van der Waals surface area contributed by atoms with Crippen molar-refractivity contribution in [3.05, 3.63) is 70.1 Å². The van der Waals surface area contributed by atoms with Crippen LogP contribution in [0.15, 0.2) is 53.7 Å². The first-order valence-corrected chi connectivity index (χ1v) is 14.4. The van der Waals surface area contributed by atoms with Gasteiger partial charge in [0.2, 0.25) is 5.88 Å². The molecular weight excluding hydrogens is 540 g/mol. The highest BCUT2D eigenvalue weighted by molar-refractivity contribution is 6.32. The summed E-state index contributed by atoms with van der Waals surface area (Å²) in [6.45, 7) is 8.26. The van der Waals surface area contributed by atoms with Crippen LogP contribution in [0.5, 0.6) is 11.6 Å². The molecular formula is C31H35ClN6O3. The van der Waals surface area contributed by atoms with Gasteiger partial charge in [-0.05, 0) is 63.4 Å². The van der Waals surface area contributed by atoms with Crippen molar-refractivity contribution >= 4 is 17.3 Å². The van der Waals surface area contributed by atoms with Crippen molar-refractivity contribution in [1.82, 2.24) is 24.0 Å². The minimum Gasteiger partial charge on any atom is -0.505 e. The van der Waals surface area contributed by atoms with Crippen molar-refractivity contribution in [2.24, 2.45) is 7.05 Å². The maximum atomic E-state index is 12.4. The number of aromatic nitrogens is 4. The first-order chi connectivity index (χ1) is 19.7. The number of rotatable bonds is 6. The second-order valence-electron chi connectivity index (χ2n) is 11.3. The van der Waals surface area contributed by atoms with Gasteiger partial charge in [0.1, 0.15) is 17.1 Å². The van der Waals surface area contributed by atoms with E-state index < -0.39 is 0 Å². The Kier molecular flexibility index (Phi) is 7.03. The summed E-state index contributed by atoms with van der Waals surface area (Å²) in [7, 11) is 3.33. The summed E-state index contributed by atoms with van der Waals surface area (Å²) in [5.41, 5.74) is 4.51. The molecule has 9 nitrogen and oxygen atoms in total. The van der Waals surface area contributed by atoms with E-state index in [1.807, 2.05) is 25.1 Å². The lowest BCUT2D eigenvalue weighted by Gasteiger charge is -2.44. The summed E-state index contributed by atoms with van der Waals surface area (Å²) in [5, 5.41) is 11.9. The number of nitrogens with zero attached hydrogens (tertiary/aromatic N) is 6. The Hall–Kier alpha value is -3.82. The van der Waals surface area contributed by atoms with Crippen LogP contribution in [0, 0.1) is 6.92 Å². The second-order valence-corrected chi connectivity index (χ2v) is 11.7. The highest BCUT2D eigenvalue weighted by Crippen LogP contribution is 2.42. The number of aromatic hydroxyl groups is 1. The van der Waals surface area contributed by atoms with Crippen LogP contribution in [0.25, 0.3) is 28.1 Å². The summed E-state index contributed by atoms with van der Waals surface area (Å²) in [6.07, 6.45) is 7.45. The smallest absolute Gasteiger partial charge is 0.332 e. The zero-order valence-electron chi connectivity index (χ0n) is 24.0. The lowest BCUT2D eigenvalue weighted by atomic mass is 10.0. The predicted molar refractivity (Wildman–Crippen MR) is 161 cm³/mol. The van der Waals surface area contributed by atoms with E-state index in [1.165, 1.54) is 22.0 Å². The number of piperazine rings is 1. The van der Waals surface area contributed by atoms with Crippen LogP contribution in [-0.2, 0) is 7.05 Å². The van der Waals surface area contributed by atoms with Crippen LogP contribution in [0.4, 0.5) is 5.69 Å². The fourth-order valence-electron chi connectivity index (χ4n) is 6.53. The third-order valence-electron chi connectivity index (χ3n) is 8.36. The average molecular weight is 575 g/mol. The highest BCUT2D eigenvalue weighted by atomic mass is 35.5. The number of ether oxygens (including phenoxy) is 1. The van der Waals surface area contributed by atoms with Crippen molar-refractivity contribution in [1.29, 1.82) is 0 Å². The van der Waals surface area contributed by atoms with E-state index in [2.05, 4.69) is 28.6 Å². The van der Waals surface area contributed by atoms with Gasteiger partial charge >= 0.3 is 5.69 Å². The van der Waals surface area contributed by atoms with Crippen LogP contribution in [0.1, 0.15) is 32.4 Å². The summed E-state index contributed by atoms with van der Waals surface area (Å²) in [4.78, 5) is 26.8. The monoisotopic (exact) mass is 574 g/mol. The molecule has 2 bridgehead atoms. The molecule has 2 fully saturated rings. The molecule has 1 N–H and O–H groups in total. The zero-order valence-corrected chi connectivity index (χ0v) is 24.8. The molecule has 10 heteroatoms. The summed E-state index contributed by atoms with van der Waals surface area (Å²) >= 11 is 6.64. The van der Waals surface area contributed by atoms with Gasteiger partial charge < -0.3 is 19.3 Å². The van der Waals surface area contributed by atoms with E-state index in [4.69, 9.17) is 21.3 Å². The Morgan fingerprint density at radius 3 is 2.39 bits per heavy atom. The van der Waals surface area contributed by atoms with E-state index in [9.17, 15) is 9.90 Å². The number of imidazole rings is 1. The van der Waals surface area contributed by atoms with Gasteiger partial charge in [0.05, 0.1) is 17.8 Å². The molecule has 0 radical (unpaired) electrons. The Bertz CT molecular complexity index is 1670. The van der Waals surface area contributed by atoms with Gasteiger partial charge in [-0.3, -0.25) is 9.47 Å². The molecule has 6 rings (SSSR count). The van der Waals surface area contributed by atoms with Crippen molar-refractivity contribution in [2.45, 2.75) is 51.7 Å². The van der Waals surface area contributed by atoms with E-state index in [-0.39, 0.29) is 11.4 Å². The van der Waals surface area contributed by atoms with Gasteiger partial charge in [-0.15, -0.1) is 0 Å². The molecule has 2 unspecified atom stereocenters. The molecule has 3 aromatic heterocycles. The molecule has 2 saturated heterocycles. The number of hydrogen-bond donors (Lipinski definition) is 1. The molecule has 214 valence electrons. The standard InChI is InChI=1S/C31H35ClN6O3/c1-18(2)38-22-7-8-23(38)17-36(16-22)27-14-21(15-33-30(27)41-5)28-29(39)24(12-19(3)34-28)20-6-9-26(25(32)13-20)37-11-10-35(4)31(37)40/h6,9-15,18,22-23,39H,7-8,16-17H2,1-5H3. The Morgan fingerprint density at radius 2 is 1.78 bits per heavy atom. The molecule has 1 aromatic carbocycles. The summed E-state index contributed by atoms with van der Waals surface area (Å²) < 4.78 is 8.66. The number of pyridine rings is 2. The van der Waals surface area contributed by atoms with Crippen LogP contribution >= 0.6 is 11.6 Å². The third-order valence-corrected chi connectivity index (χ3v) is 8.66. The Labute approximate surface area is 244 Å². The maximum absolute atomic E-state index is 12.4. The second kappa shape index (κ2) is 10.5. The van der Waals surface area contributed by atoms with Gasteiger partial charge in [-0.1, -0.05) is 17.7 Å². The molecule has 4 aromatic rings. The van der Waals surface area contributed by atoms with E-state index >= 15 is 0 Å². The molecule has 5 heterocycles. The van der Waals surface area contributed by atoms with Gasteiger partial charge in [0.15, 0.2) is 0 Å². The normalized spacial score (nSPS) is 18.9. The Morgan fingerprint density at radius 1 is 1.05 bits per heavy atom. The number of halogens is 1. The maximum Gasteiger partial charge on any atom is 0.332 e. The Balaban J connectivity index is 1.38. The van der Waals surface area contributed by atoms with Crippen LogP contribution in [-0.4, -0.2) is 67.4 Å². The number of anilines is 1. The molecule has 2 aliphatic rings. The average Bonchev–Trinajstić information content (AvgIpc) is 3.43. The number of aryl methyl sites for hydroxylation is 2. The quantitative estimate of drug-likeness (QED) is 0.345. The molecule has 2 atom stereocenters. The molecule has 41 heavy (non-hydrogen) atoms. The molecule has 0 amide bonds. The molecule has 0 spiro atoms. The third kappa shape index (κ3) is 4.77. The van der Waals surface area contributed by atoms with Gasteiger partial charge in [-0.2, -0.15) is 0 Å². The van der Waals surface area contributed by atoms with Crippen molar-refractivity contribution in [3.8, 4) is 39.7 Å². The molecule has 2 aliphatic heterocycles.